The van der Waals surface area contributed by atoms with E-state index in [1.807, 2.05) is 60.0 Å². The van der Waals surface area contributed by atoms with Crippen molar-refractivity contribution in [2.45, 2.75) is 25.6 Å². The average molecular weight is 504 g/mol. The zero-order valence-corrected chi connectivity index (χ0v) is 20.0. The van der Waals surface area contributed by atoms with Crippen molar-refractivity contribution in [1.29, 1.82) is 0 Å². The van der Waals surface area contributed by atoms with E-state index < -0.39 is 17.8 Å². The van der Waals surface area contributed by atoms with Crippen LogP contribution in [-0.4, -0.2) is 39.1 Å². The molecule has 1 fully saturated rings. The van der Waals surface area contributed by atoms with Crippen LogP contribution in [0, 0.1) is 5.82 Å². The highest BCUT2D eigenvalue weighted by Crippen LogP contribution is 2.26. The summed E-state index contributed by atoms with van der Waals surface area (Å²) in [4.78, 5) is 39.6. The number of para-hydroxylation sites is 2. The molecule has 0 radical (unpaired) electrons. The number of nitrogens with zero attached hydrogens (tertiary/aromatic N) is 3. The van der Waals surface area contributed by atoms with E-state index in [1.54, 1.807) is 9.47 Å². The van der Waals surface area contributed by atoms with Gasteiger partial charge in [0, 0.05) is 24.2 Å². The number of rotatable bonds is 6. The van der Waals surface area contributed by atoms with E-state index in [2.05, 4.69) is 0 Å². The lowest BCUT2D eigenvalue weighted by atomic mass is 10.1. The lowest BCUT2D eigenvalue weighted by Gasteiger charge is -2.17. The third-order valence-corrected chi connectivity index (χ3v) is 6.64. The molecule has 0 aliphatic carbocycles. The molecule has 2 amide bonds. The molecule has 1 saturated heterocycles. The van der Waals surface area contributed by atoms with Gasteiger partial charge in [-0.15, -0.1) is 0 Å². The van der Waals surface area contributed by atoms with Crippen LogP contribution < -0.4 is 17.0 Å². The SMILES string of the molecule is NNC(=O)c1ccc(Cn2c(=O)n(C3CCN(C(=O)OCc4ccccc4)C3)c3ccccc32)c(F)c1. The fraction of sp³-hybridized carbons (Fsp3) is 0.222. The number of nitrogen functional groups attached to an aromatic ring is 1. The van der Waals surface area contributed by atoms with Crippen molar-refractivity contribution in [3.8, 4) is 0 Å². The van der Waals surface area contributed by atoms with E-state index >= 15 is 0 Å². The minimum absolute atomic E-state index is 0.0156. The molecule has 1 atom stereocenters. The fourth-order valence-corrected chi connectivity index (χ4v) is 4.74. The third kappa shape index (κ3) is 4.83. The molecule has 4 aromatic rings. The average Bonchev–Trinajstić information content (AvgIpc) is 3.51. The molecule has 9 nitrogen and oxygen atoms in total. The van der Waals surface area contributed by atoms with Crippen LogP contribution in [0.4, 0.5) is 9.18 Å². The van der Waals surface area contributed by atoms with Crippen LogP contribution in [0.1, 0.15) is 33.9 Å². The van der Waals surface area contributed by atoms with Crippen molar-refractivity contribution in [3.63, 3.8) is 0 Å². The Balaban J connectivity index is 1.38. The summed E-state index contributed by atoms with van der Waals surface area (Å²) in [6, 6.07) is 20.5. The van der Waals surface area contributed by atoms with Gasteiger partial charge < -0.3 is 9.64 Å². The summed E-state index contributed by atoms with van der Waals surface area (Å²) in [5, 5.41) is 0. The van der Waals surface area contributed by atoms with Crippen molar-refractivity contribution in [2.75, 3.05) is 13.1 Å². The second kappa shape index (κ2) is 10.3. The van der Waals surface area contributed by atoms with Crippen LogP contribution in [0.3, 0.4) is 0 Å². The number of benzene rings is 3. The predicted octanol–water partition coefficient (Wildman–Crippen LogP) is 3.18. The third-order valence-electron chi connectivity index (χ3n) is 6.64. The van der Waals surface area contributed by atoms with E-state index in [9.17, 15) is 18.8 Å². The molecule has 3 N–H and O–H groups in total. The number of nitrogens with two attached hydrogens (primary N) is 1. The molecule has 1 aliphatic heterocycles. The predicted molar refractivity (Wildman–Crippen MR) is 135 cm³/mol. The fourth-order valence-electron chi connectivity index (χ4n) is 4.74. The summed E-state index contributed by atoms with van der Waals surface area (Å²) in [5.41, 5.74) is 4.28. The van der Waals surface area contributed by atoms with Gasteiger partial charge in [-0.05, 0) is 36.2 Å². The number of imidazole rings is 1. The summed E-state index contributed by atoms with van der Waals surface area (Å²) >= 11 is 0. The number of carbonyl (C=O) groups is 2. The Morgan fingerprint density at radius 1 is 1.03 bits per heavy atom. The van der Waals surface area contributed by atoms with E-state index in [4.69, 9.17) is 10.6 Å². The maximum atomic E-state index is 14.8. The topological polar surface area (TPSA) is 112 Å². The molecule has 10 heteroatoms. The van der Waals surface area contributed by atoms with Gasteiger partial charge in [-0.2, -0.15) is 0 Å². The molecule has 2 heterocycles. The van der Waals surface area contributed by atoms with Gasteiger partial charge in [-0.25, -0.2) is 19.8 Å². The quantitative estimate of drug-likeness (QED) is 0.239. The van der Waals surface area contributed by atoms with Gasteiger partial charge in [0.15, 0.2) is 0 Å². The van der Waals surface area contributed by atoms with Crippen LogP contribution in [0.2, 0.25) is 0 Å². The van der Waals surface area contributed by atoms with Crippen LogP contribution >= 0.6 is 0 Å². The highest BCUT2D eigenvalue weighted by atomic mass is 19.1. The molecule has 5 rings (SSSR count). The molecule has 0 spiro atoms. The first-order valence-electron chi connectivity index (χ1n) is 11.9. The summed E-state index contributed by atoms with van der Waals surface area (Å²) in [5.74, 6) is 3.91. The van der Waals surface area contributed by atoms with Gasteiger partial charge in [0.25, 0.3) is 5.91 Å². The molecule has 1 aromatic heterocycles. The van der Waals surface area contributed by atoms with Crippen molar-refractivity contribution in [3.05, 3.63) is 106 Å². The minimum Gasteiger partial charge on any atom is -0.445 e. The van der Waals surface area contributed by atoms with Crippen molar-refractivity contribution in [1.82, 2.24) is 19.5 Å². The van der Waals surface area contributed by atoms with Crippen molar-refractivity contribution < 1.29 is 18.7 Å². The molecule has 0 saturated carbocycles. The molecule has 37 heavy (non-hydrogen) atoms. The summed E-state index contributed by atoms with van der Waals surface area (Å²) < 4.78 is 23.4. The van der Waals surface area contributed by atoms with E-state index in [1.165, 1.54) is 16.7 Å². The van der Waals surface area contributed by atoms with Crippen LogP contribution in [-0.2, 0) is 17.9 Å². The Bertz CT molecular complexity index is 1510. The molecular formula is C27H26FN5O4. The van der Waals surface area contributed by atoms with Crippen molar-refractivity contribution >= 4 is 23.0 Å². The van der Waals surface area contributed by atoms with Gasteiger partial charge in [-0.3, -0.25) is 19.4 Å². The standard InChI is InChI=1S/C27H26FN5O4/c28-22-14-19(25(34)30-29)10-11-20(22)15-32-23-8-4-5-9-24(23)33(26(32)35)21-12-13-31(16-21)27(36)37-17-18-6-2-1-3-7-18/h1-11,14,21H,12-13,15-17,29H2,(H,30,34). The number of amides is 2. The lowest BCUT2D eigenvalue weighted by molar-refractivity contribution is 0.0952. The Morgan fingerprint density at radius 2 is 1.76 bits per heavy atom. The first-order valence-corrected chi connectivity index (χ1v) is 11.9. The number of ether oxygens (including phenoxy) is 1. The van der Waals surface area contributed by atoms with Gasteiger partial charge in [0.2, 0.25) is 0 Å². The summed E-state index contributed by atoms with van der Waals surface area (Å²) in [6.07, 6.45) is 0.165. The number of fused-ring (bicyclic) bond motifs is 1. The molecule has 190 valence electrons. The number of aromatic nitrogens is 2. The van der Waals surface area contributed by atoms with Gasteiger partial charge in [0.05, 0.1) is 23.6 Å². The van der Waals surface area contributed by atoms with Crippen LogP contribution in [0.25, 0.3) is 11.0 Å². The van der Waals surface area contributed by atoms with Crippen LogP contribution in [0.15, 0.2) is 77.6 Å². The number of carbonyl (C=O) groups excluding carboxylic acids is 2. The van der Waals surface area contributed by atoms with Crippen molar-refractivity contribution in [2.24, 2.45) is 5.84 Å². The normalized spacial score (nSPS) is 15.2. The Hall–Kier alpha value is -4.44. The molecule has 1 unspecified atom stereocenters. The number of hydrogen-bond acceptors (Lipinski definition) is 5. The van der Waals surface area contributed by atoms with Gasteiger partial charge in [0.1, 0.15) is 12.4 Å². The summed E-state index contributed by atoms with van der Waals surface area (Å²) in [7, 11) is 0. The number of likely N-dealkylation sites (tertiary alicyclic amines) is 1. The highest BCUT2D eigenvalue weighted by Gasteiger charge is 2.31. The molecule has 3 aromatic carbocycles. The highest BCUT2D eigenvalue weighted by molar-refractivity contribution is 5.93. The van der Waals surface area contributed by atoms with Crippen LogP contribution in [0.5, 0.6) is 0 Å². The first-order chi connectivity index (χ1) is 18.0. The van der Waals surface area contributed by atoms with Gasteiger partial charge in [-0.1, -0.05) is 48.5 Å². The first kappa shape index (κ1) is 24.3. The smallest absolute Gasteiger partial charge is 0.410 e. The number of nitrogens with one attached hydrogen (secondary N) is 1. The maximum Gasteiger partial charge on any atom is 0.410 e. The van der Waals surface area contributed by atoms with Gasteiger partial charge >= 0.3 is 11.8 Å². The number of halogens is 1. The lowest BCUT2D eigenvalue weighted by Crippen LogP contribution is -2.32. The zero-order chi connectivity index (χ0) is 25.9. The maximum absolute atomic E-state index is 14.8. The van der Waals surface area contributed by atoms with E-state index in [0.717, 1.165) is 11.6 Å². The molecule has 1 aliphatic rings. The largest absolute Gasteiger partial charge is 0.445 e. The Morgan fingerprint density at radius 3 is 2.49 bits per heavy atom. The molecule has 0 bridgehead atoms. The minimum atomic E-state index is -0.613. The summed E-state index contributed by atoms with van der Waals surface area (Å²) in [6.45, 7) is 0.956. The second-order valence-corrected chi connectivity index (χ2v) is 8.94. The zero-order valence-electron chi connectivity index (χ0n) is 20.0. The van der Waals surface area contributed by atoms with E-state index in [-0.39, 0.29) is 36.0 Å². The number of hydrogen-bond donors (Lipinski definition) is 2. The number of hydrazine groups is 1. The second-order valence-electron chi connectivity index (χ2n) is 8.94. The Kier molecular flexibility index (Phi) is 6.74. The van der Waals surface area contributed by atoms with E-state index in [0.29, 0.717) is 30.5 Å². The molecular weight excluding hydrogens is 477 g/mol. The monoisotopic (exact) mass is 503 g/mol. The Labute approximate surface area is 211 Å².